The maximum Gasteiger partial charge on any atom is 0.230 e. The first-order chi connectivity index (χ1) is 9.69. The third-order valence-electron chi connectivity index (χ3n) is 3.44. The van der Waals surface area contributed by atoms with Crippen LogP contribution in [0.5, 0.6) is 0 Å². The molecule has 0 aromatic carbocycles. The van der Waals surface area contributed by atoms with Crippen molar-refractivity contribution in [3.63, 3.8) is 0 Å². The summed E-state index contributed by atoms with van der Waals surface area (Å²) in [6, 6.07) is 0.359. The van der Waals surface area contributed by atoms with Crippen molar-refractivity contribution in [2.75, 3.05) is 11.5 Å². The van der Waals surface area contributed by atoms with Crippen LogP contribution in [0.15, 0.2) is 8.68 Å². The lowest BCUT2D eigenvalue weighted by Gasteiger charge is -2.29. The number of carbonyl (C=O) groups is 1. The molecule has 1 heterocycles. The van der Waals surface area contributed by atoms with Gasteiger partial charge in [-0.05, 0) is 24.5 Å². The molecule has 1 fully saturated rings. The lowest BCUT2D eigenvalue weighted by molar-refractivity contribution is -0.119. The van der Waals surface area contributed by atoms with Crippen LogP contribution >= 0.6 is 34.9 Å². The fourth-order valence-electron chi connectivity index (χ4n) is 2.34. The Kier molecular flexibility index (Phi) is 6.64. The van der Waals surface area contributed by atoms with E-state index in [1.807, 2.05) is 0 Å². The van der Waals surface area contributed by atoms with Crippen molar-refractivity contribution in [1.29, 1.82) is 0 Å². The van der Waals surface area contributed by atoms with E-state index in [-0.39, 0.29) is 5.91 Å². The molecule has 0 radical (unpaired) electrons. The largest absolute Gasteiger partial charge is 0.352 e. The van der Waals surface area contributed by atoms with E-state index in [2.05, 4.69) is 29.4 Å². The molecule has 2 rings (SSSR count). The van der Waals surface area contributed by atoms with Crippen LogP contribution in [-0.2, 0) is 4.79 Å². The van der Waals surface area contributed by atoms with Crippen molar-refractivity contribution < 1.29 is 4.79 Å². The normalized spacial score (nSPS) is 22.7. The Hall–Kier alpha value is -0.270. The average molecular weight is 332 g/mol. The number of thioether (sulfide) groups is 2. The maximum atomic E-state index is 12.0. The summed E-state index contributed by atoms with van der Waals surface area (Å²) in [5.74, 6) is 2.16. The number of nitrogens with zero attached hydrogens (tertiary/aromatic N) is 2. The second-order valence-corrected chi connectivity index (χ2v) is 8.70. The van der Waals surface area contributed by atoms with Crippen molar-refractivity contribution in [2.24, 2.45) is 5.92 Å². The number of nitrogens with one attached hydrogen (secondary N) is 1. The number of hydrogen-bond acceptors (Lipinski definition) is 6. The predicted molar refractivity (Wildman–Crippen MR) is 86.6 cm³/mol. The number of rotatable bonds is 6. The van der Waals surface area contributed by atoms with Crippen molar-refractivity contribution in [2.45, 2.75) is 54.3 Å². The molecule has 0 bridgehead atoms. The standard InChI is InChI=1S/C13H21N3OS3/c1-3-18-12-15-16-13(20-12)19-8-11(17)14-10-7-5-4-6-9(10)2/h9-10H,3-8H2,1-2H3,(H,14,17)/t9-,10-/m0/s1. The van der Waals surface area contributed by atoms with E-state index in [1.165, 1.54) is 31.0 Å². The van der Waals surface area contributed by atoms with Gasteiger partial charge in [0.25, 0.3) is 0 Å². The fourth-order valence-corrected chi connectivity index (χ4v) is 5.07. The van der Waals surface area contributed by atoms with E-state index in [1.54, 1.807) is 23.1 Å². The highest BCUT2D eigenvalue weighted by Gasteiger charge is 2.22. The van der Waals surface area contributed by atoms with Crippen LogP contribution in [0.1, 0.15) is 39.5 Å². The van der Waals surface area contributed by atoms with Gasteiger partial charge in [-0.1, -0.05) is 61.5 Å². The van der Waals surface area contributed by atoms with E-state index in [9.17, 15) is 4.79 Å². The molecular weight excluding hydrogens is 310 g/mol. The van der Waals surface area contributed by atoms with Crippen molar-refractivity contribution in [3.05, 3.63) is 0 Å². The van der Waals surface area contributed by atoms with Crippen LogP contribution in [-0.4, -0.2) is 33.7 Å². The minimum atomic E-state index is 0.119. The van der Waals surface area contributed by atoms with Gasteiger partial charge < -0.3 is 5.32 Å². The summed E-state index contributed by atoms with van der Waals surface area (Å²) in [5.41, 5.74) is 0. The van der Waals surface area contributed by atoms with Gasteiger partial charge in [0.05, 0.1) is 5.75 Å². The summed E-state index contributed by atoms with van der Waals surface area (Å²) < 4.78 is 1.86. The summed E-state index contributed by atoms with van der Waals surface area (Å²) in [5, 5.41) is 11.4. The molecule has 1 saturated carbocycles. The molecule has 0 aliphatic heterocycles. The number of aromatic nitrogens is 2. The summed E-state index contributed by atoms with van der Waals surface area (Å²) in [6.07, 6.45) is 4.88. The zero-order valence-electron chi connectivity index (χ0n) is 11.9. The summed E-state index contributed by atoms with van der Waals surface area (Å²) >= 11 is 4.74. The molecule has 1 aromatic heterocycles. The monoisotopic (exact) mass is 331 g/mol. The molecule has 0 saturated heterocycles. The number of hydrogen-bond donors (Lipinski definition) is 1. The lowest BCUT2D eigenvalue weighted by Crippen LogP contribution is -2.41. The predicted octanol–water partition coefficient (Wildman–Crippen LogP) is 3.44. The second-order valence-electron chi connectivity index (χ2n) is 4.99. The van der Waals surface area contributed by atoms with Crippen LogP contribution < -0.4 is 5.32 Å². The van der Waals surface area contributed by atoms with Crippen molar-refractivity contribution in [3.8, 4) is 0 Å². The summed E-state index contributed by atoms with van der Waals surface area (Å²) in [4.78, 5) is 12.0. The number of amides is 1. The van der Waals surface area contributed by atoms with Gasteiger partial charge in [0.2, 0.25) is 5.91 Å². The summed E-state index contributed by atoms with van der Waals surface area (Å²) in [7, 11) is 0. The van der Waals surface area contributed by atoms with Crippen molar-refractivity contribution in [1.82, 2.24) is 15.5 Å². The molecule has 7 heteroatoms. The highest BCUT2D eigenvalue weighted by atomic mass is 32.2. The Labute approximate surface area is 132 Å². The molecule has 0 spiro atoms. The molecule has 1 amide bonds. The molecule has 0 unspecified atom stereocenters. The number of carbonyl (C=O) groups excluding carboxylic acids is 1. The first-order valence-electron chi connectivity index (χ1n) is 7.07. The average Bonchev–Trinajstić information content (AvgIpc) is 2.87. The molecule has 1 aliphatic carbocycles. The van der Waals surface area contributed by atoms with E-state index in [0.717, 1.165) is 20.9 Å². The first kappa shape index (κ1) is 16.1. The molecular formula is C13H21N3OS3. The topological polar surface area (TPSA) is 54.9 Å². The van der Waals surface area contributed by atoms with Crippen molar-refractivity contribution >= 4 is 40.8 Å². The van der Waals surface area contributed by atoms with Gasteiger partial charge in [-0.2, -0.15) is 0 Å². The van der Waals surface area contributed by atoms with Gasteiger partial charge in [-0.3, -0.25) is 4.79 Å². The summed E-state index contributed by atoms with van der Waals surface area (Å²) in [6.45, 7) is 4.33. The molecule has 112 valence electrons. The Morgan fingerprint density at radius 1 is 1.30 bits per heavy atom. The lowest BCUT2D eigenvalue weighted by atomic mass is 9.86. The molecule has 1 N–H and O–H groups in total. The highest BCUT2D eigenvalue weighted by molar-refractivity contribution is 8.03. The van der Waals surface area contributed by atoms with E-state index in [0.29, 0.717) is 17.7 Å². The SMILES string of the molecule is CCSc1nnc(SCC(=O)N[C@H]2CCCC[C@@H]2C)s1. The maximum absolute atomic E-state index is 12.0. The molecule has 4 nitrogen and oxygen atoms in total. The molecule has 20 heavy (non-hydrogen) atoms. The molecule has 1 aromatic rings. The Morgan fingerprint density at radius 3 is 2.70 bits per heavy atom. The Balaban J connectivity index is 1.73. The first-order valence-corrected chi connectivity index (χ1v) is 9.86. The minimum absolute atomic E-state index is 0.119. The van der Waals surface area contributed by atoms with E-state index in [4.69, 9.17) is 0 Å². The van der Waals surface area contributed by atoms with Gasteiger partial charge in [0.15, 0.2) is 8.68 Å². The van der Waals surface area contributed by atoms with E-state index >= 15 is 0 Å². The smallest absolute Gasteiger partial charge is 0.230 e. The fraction of sp³-hybridized carbons (Fsp3) is 0.769. The van der Waals surface area contributed by atoms with Crippen LogP contribution in [0.25, 0.3) is 0 Å². The third-order valence-corrected chi connectivity index (χ3v) is 6.51. The Bertz CT molecular complexity index is 438. The van der Waals surface area contributed by atoms with E-state index < -0.39 is 0 Å². The highest BCUT2D eigenvalue weighted by Crippen LogP contribution is 2.28. The van der Waals surface area contributed by atoms with Gasteiger partial charge in [-0.15, -0.1) is 10.2 Å². The second kappa shape index (κ2) is 8.24. The zero-order chi connectivity index (χ0) is 14.4. The van der Waals surface area contributed by atoms with Crippen LogP contribution in [0.3, 0.4) is 0 Å². The quantitative estimate of drug-likeness (QED) is 0.809. The van der Waals surface area contributed by atoms with Crippen LogP contribution in [0.2, 0.25) is 0 Å². The molecule has 2 atom stereocenters. The van der Waals surface area contributed by atoms with Crippen LogP contribution in [0.4, 0.5) is 0 Å². The van der Waals surface area contributed by atoms with Crippen LogP contribution in [0, 0.1) is 5.92 Å². The van der Waals surface area contributed by atoms with Gasteiger partial charge >= 0.3 is 0 Å². The minimum Gasteiger partial charge on any atom is -0.352 e. The third kappa shape index (κ3) is 4.93. The zero-order valence-corrected chi connectivity index (χ0v) is 14.4. The Morgan fingerprint density at radius 2 is 2.00 bits per heavy atom. The van der Waals surface area contributed by atoms with Gasteiger partial charge in [-0.25, -0.2) is 0 Å². The van der Waals surface area contributed by atoms with Gasteiger partial charge in [0, 0.05) is 6.04 Å². The molecule has 1 aliphatic rings. The van der Waals surface area contributed by atoms with Gasteiger partial charge in [0.1, 0.15) is 0 Å².